The Morgan fingerprint density at radius 3 is 2.16 bits per heavy atom. The van der Waals surface area contributed by atoms with Crippen LogP contribution in [0, 0.1) is 12.8 Å². The molecular weight excluding hydrogens is 316 g/mol. The molecule has 0 saturated carbocycles. The highest BCUT2D eigenvalue weighted by Gasteiger charge is 2.23. The summed E-state index contributed by atoms with van der Waals surface area (Å²) in [5, 5.41) is 0. The molecule has 0 N–H and O–H groups in total. The van der Waals surface area contributed by atoms with Crippen LogP contribution in [0.1, 0.15) is 49.0 Å². The fourth-order valence-corrected chi connectivity index (χ4v) is 3.01. The second-order valence-electron chi connectivity index (χ2n) is 7.00. The number of hydrogen-bond acceptors (Lipinski definition) is 3. The highest BCUT2D eigenvalue weighted by atomic mass is 16.2. The summed E-state index contributed by atoms with van der Waals surface area (Å²) >= 11 is 0. The second kappa shape index (κ2) is 8.79. The van der Waals surface area contributed by atoms with Crippen molar-refractivity contribution in [1.82, 2.24) is 9.80 Å². The number of hydrogen-bond donors (Lipinski definition) is 0. The fourth-order valence-electron chi connectivity index (χ4n) is 3.01. The number of rotatable bonds is 5. The predicted molar refractivity (Wildman–Crippen MR) is 97.4 cm³/mol. The standard InChI is InChI=1S/C20H28N2O3/c1-15(2)20(25)22-12-4-11-21(13-14-22)19(24)10-9-18(23)17-7-5-16(3)6-8-17/h5-8,15H,4,9-14H2,1-3H3. The third-order valence-electron chi connectivity index (χ3n) is 4.59. The van der Waals surface area contributed by atoms with Crippen molar-refractivity contribution in [2.45, 2.75) is 40.0 Å². The van der Waals surface area contributed by atoms with E-state index in [9.17, 15) is 14.4 Å². The summed E-state index contributed by atoms with van der Waals surface area (Å²) in [5.41, 5.74) is 1.76. The quantitative estimate of drug-likeness (QED) is 0.772. The Bertz CT molecular complexity index is 622. The molecule has 5 heteroatoms. The fraction of sp³-hybridized carbons (Fsp3) is 0.550. The van der Waals surface area contributed by atoms with E-state index < -0.39 is 0 Å². The third-order valence-corrected chi connectivity index (χ3v) is 4.59. The predicted octanol–water partition coefficient (Wildman–Crippen LogP) is 2.67. The lowest BCUT2D eigenvalue weighted by Gasteiger charge is -2.23. The van der Waals surface area contributed by atoms with E-state index in [0.29, 0.717) is 31.7 Å². The molecule has 0 bridgehead atoms. The SMILES string of the molecule is Cc1ccc(C(=O)CCC(=O)N2CCCN(C(=O)C(C)C)CC2)cc1. The molecule has 1 aromatic carbocycles. The maximum atomic E-state index is 12.4. The lowest BCUT2D eigenvalue weighted by atomic mass is 10.0. The van der Waals surface area contributed by atoms with Gasteiger partial charge in [0.05, 0.1) is 0 Å². The number of aryl methyl sites for hydroxylation is 1. The first-order valence-electron chi connectivity index (χ1n) is 9.05. The molecule has 2 amide bonds. The van der Waals surface area contributed by atoms with Gasteiger partial charge in [-0.25, -0.2) is 0 Å². The van der Waals surface area contributed by atoms with Gasteiger partial charge in [-0.3, -0.25) is 14.4 Å². The molecule has 1 aliphatic rings. The summed E-state index contributed by atoms with van der Waals surface area (Å²) in [6.07, 6.45) is 1.24. The van der Waals surface area contributed by atoms with Gasteiger partial charge in [0, 0.05) is 50.5 Å². The number of nitrogens with zero attached hydrogens (tertiary/aromatic N) is 2. The van der Waals surface area contributed by atoms with Crippen molar-refractivity contribution in [3.63, 3.8) is 0 Å². The first kappa shape index (κ1) is 19.2. The van der Waals surface area contributed by atoms with Crippen LogP contribution in [-0.2, 0) is 9.59 Å². The Labute approximate surface area is 150 Å². The summed E-state index contributed by atoms with van der Waals surface area (Å²) in [5.74, 6) is 0.123. The van der Waals surface area contributed by atoms with Gasteiger partial charge in [0.25, 0.3) is 0 Å². The molecule has 0 aromatic heterocycles. The van der Waals surface area contributed by atoms with Crippen LogP contribution in [0.5, 0.6) is 0 Å². The van der Waals surface area contributed by atoms with E-state index in [-0.39, 0.29) is 36.4 Å². The van der Waals surface area contributed by atoms with Crippen molar-refractivity contribution in [2.24, 2.45) is 5.92 Å². The van der Waals surface area contributed by atoms with Crippen molar-refractivity contribution in [3.05, 3.63) is 35.4 Å². The smallest absolute Gasteiger partial charge is 0.225 e. The van der Waals surface area contributed by atoms with Crippen LogP contribution in [-0.4, -0.2) is 53.6 Å². The number of ketones is 1. The van der Waals surface area contributed by atoms with Crippen LogP contribution in [0.3, 0.4) is 0 Å². The highest BCUT2D eigenvalue weighted by Crippen LogP contribution is 2.12. The molecule has 136 valence electrons. The van der Waals surface area contributed by atoms with Crippen LogP contribution in [0.15, 0.2) is 24.3 Å². The second-order valence-corrected chi connectivity index (χ2v) is 7.00. The number of carbonyl (C=O) groups excluding carboxylic acids is 3. The average Bonchev–Trinajstić information content (AvgIpc) is 2.85. The molecule has 1 fully saturated rings. The van der Waals surface area contributed by atoms with Crippen LogP contribution in [0.4, 0.5) is 0 Å². The van der Waals surface area contributed by atoms with E-state index in [1.54, 1.807) is 4.90 Å². The topological polar surface area (TPSA) is 57.7 Å². The molecule has 2 rings (SSSR count). The van der Waals surface area contributed by atoms with Crippen LogP contribution in [0.25, 0.3) is 0 Å². The van der Waals surface area contributed by atoms with Crippen molar-refractivity contribution < 1.29 is 14.4 Å². The van der Waals surface area contributed by atoms with E-state index in [4.69, 9.17) is 0 Å². The molecule has 0 radical (unpaired) electrons. The molecule has 25 heavy (non-hydrogen) atoms. The van der Waals surface area contributed by atoms with Crippen molar-refractivity contribution in [3.8, 4) is 0 Å². The molecule has 0 atom stereocenters. The summed E-state index contributed by atoms with van der Waals surface area (Å²) in [4.78, 5) is 40.4. The van der Waals surface area contributed by atoms with Gasteiger partial charge in [0.15, 0.2) is 5.78 Å². The maximum Gasteiger partial charge on any atom is 0.225 e. The number of carbonyl (C=O) groups is 3. The van der Waals surface area contributed by atoms with E-state index in [2.05, 4.69) is 0 Å². The molecule has 1 aliphatic heterocycles. The Kier molecular flexibility index (Phi) is 6.73. The van der Waals surface area contributed by atoms with Crippen molar-refractivity contribution >= 4 is 17.6 Å². The zero-order valence-electron chi connectivity index (χ0n) is 15.5. The van der Waals surface area contributed by atoms with Gasteiger partial charge in [-0.2, -0.15) is 0 Å². The van der Waals surface area contributed by atoms with Gasteiger partial charge in [-0.15, -0.1) is 0 Å². The Hall–Kier alpha value is -2.17. The average molecular weight is 344 g/mol. The molecule has 5 nitrogen and oxygen atoms in total. The monoisotopic (exact) mass is 344 g/mol. The molecule has 0 unspecified atom stereocenters. The van der Waals surface area contributed by atoms with Gasteiger partial charge in [-0.05, 0) is 13.3 Å². The summed E-state index contributed by atoms with van der Waals surface area (Å²) in [6.45, 7) is 8.25. The number of Topliss-reactive ketones (excluding diaryl/α,β-unsaturated/α-hetero) is 1. The molecule has 0 aliphatic carbocycles. The molecule has 1 heterocycles. The van der Waals surface area contributed by atoms with Crippen LogP contribution in [0.2, 0.25) is 0 Å². The summed E-state index contributed by atoms with van der Waals surface area (Å²) in [7, 11) is 0. The van der Waals surface area contributed by atoms with Crippen LogP contribution >= 0.6 is 0 Å². The minimum atomic E-state index is -0.0191. The van der Waals surface area contributed by atoms with Gasteiger partial charge in [-0.1, -0.05) is 43.7 Å². The zero-order valence-corrected chi connectivity index (χ0v) is 15.5. The van der Waals surface area contributed by atoms with Crippen molar-refractivity contribution in [2.75, 3.05) is 26.2 Å². The minimum absolute atomic E-state index is 0.000200. The molecule has 1 saturated heterocycles. The third kappa shape index (κ3) is 5.41. The first-order valence-corrected chi connectivity index (χ1v) is 9.05. The van der Waals surface area contributed by atoms with Gasteiger partial charge >= 0.3 is 0 Å². The normalized spacial score (nSPS) is 15.2. The number of benzene rings is 1. The lowest BCUT2D eigenvalue weighted by molar-refractivity contribution is -0.135. The lowest BCUT2D eigenvalue weighted by Crippen LogP contribution is -2.39. The van der Waals surface area contributed by atoms with E-state index in [0.717, 1.165) is 12.0 Å². The highest BCUT2D eigenvalue weighted by molar-refractivity contribution is 5.98. The Morgan fingerprint density at radius 1 is 0.920 bits per heavy atom. The molecular formula is C20H28N2O3. The van der Waals surface area contributed by atoms with Crippen molar-refractivity contribution in [1.29, 1.82) is 0 Å². The van der Waals surface area contributed by atoms with Gasteiger partial charge in [0.1, 0.15) is 0 Å². The molecule has 0 spiro atoms. The zero-order chi connectivity index (χ0) is 18.4. The maximum absolute atomic E-state index is 12.4. The summed E-state index contributed by atoms with van der Waals surface area (Å²) in [6, 6.07) is 7.43. The Balaban J connectivity index is 1.83. The van der Waals surface area contributed by atoms with Crippen LogP contribution < -0.4 is 0 Å². The largest absolute Gasteiger partial charge is 0.341 e. The van der Waals surface area contributed by atoms with E-state index >= 15 is 0 Å². The van der Waals surface area contributed by atoms with Gasteiger partial charge < -0.3 is 9.80 Å². The van der Waals surface area contributed by atoms with E-state index in [1.165, 1.54) is 0 Å². The summed E-state index contributed by atoms with van der Waals surface area (Å²) < 4.78 is 0. The Morgan fingerprint density at radius 2 is 1.52 bits per heavy atom. The minimum Gasteiger partial charge on any atom is -0.341 e. The van der Waals surface area contributed by atoms with Gasteiger partial charge in [0.2, 0.25) is 11.8 Å². The number of amides is 2. The van der Waals surface area contributed by atoms with E-state index in [1.807, 2.05) is 49.9 Å². The first-order chi connectivity index (χ1) is 11.9. The molecule has 1 aromatic rings.